The predicted molar refractivity (Wildman–Crippen MR) is 70.4 cm³/mol. The summed E-state index contributed by atoms with van der Waals surface area (Å²) in [6.07, 6.45) is 2.85. The molecule has 17 heavy (non-hydrogen) atoms. The summed E-state index contributed by atoms with van der Waals surface area (Å²) in [7, 11) is 0. The van der Waals surface area contributed by atoms with Gasteiger partial charge < -0.3 is 4.90 Å². The molecule has 0 amide bonds. The lowest BCUT2D eigenvalue weighted by molar-refractivity contribution is 0.712. The number of anilines is 1. The quantitative estimate of drug-likeness (QED) is 0.765. The van der Waals surface area contributed by atoms with Crippen LogP contribution in [0.3, 0.4) is 0 Å². The Morgan fingerprint density at radius 1 is 1.12 bits per heavy atom. The summed E-state index contributed by atoms with van der Waals surface area (Å²) in [5.74, 6) is 0. The maximum Gasteiger partial charge on any atom is 0.0639 e. The molecule has 2 aromatic rings. The Balaban J connectivity index is 1.92. The molecule has 3 rings (SSSR count). The van der Waals surface area contributed by atoms with E-state index >= 15 is 0 Å². The Morgan fingerprint density at radius 2 is 2.00 bits per heavy atom. The minimum atomic E-state index is 0.819. The summed E-state index contributed by atoms with van der Waals surface area (Å²) in [4.78, 5) is 6.72. The summed E-state index contributed by atoms with van der Waals surface area (Å²) < 4.78 is 0. The molecule has 0 unspecified atom stereocenters. The Morgan fingerprint density at radius 3 is 2.88 bits per heavy atom. The van der Waals surface area contributed by atoms with E-state index in [2.05, 4.69) is 22.0 Å². The number of halogens is 1. The highest BCUT2D eigenvalue weighted by molar-refractivity contribution is 6.33. The molecule has 0 fully saturated rings. The van der Waals surface area contributed by atoms with Crippen LogP contribution in [0.1, 0.15) is 11.3 Å². The van der Waals surface area contributed by atoms with Crippen molar-refractivity contribution in [2.75, 3.05) is 11.4 Å². The van der Waals surface area contributed by atoms with Crippen LogP contribution in [-0.4, -0.2) is 11.5 Å². The lowest BCUT2D eigenvalue weighted by Crippen LogP contribution is -2.31. The molecule has 0 radical (unpaired) electrons. The van der Waals surface area contributed by atoms with Gasteiger partial charge in [-0.2, -0.15) is 0 Å². The summed E-state index contributed by atoms with van der Waals surface area (Å²) in [5, 5.41) is 0.819. The molecule has 1 aromatic heterocycles. The van der Waals surface area contributed by atoms with E-state index in [4.69, 9.17) is 11.6 Å². The lowest BCUT2D eigenvalue weighted by Gasteiger charge is -2.30. The predicted octanol–water partition coefficient (Wildman–Crippen LogP) is 3.30. The molecule has 0 saturated heterocycles. The van der Waals surface area contributed by atoms with Gasteiger partial charge in [0, 0.05) is 31.4 Å². The molecule has 2 heterocycles. The highest BCUT2D eigenvalue weighted by atomic mass is 35.5. The van der Waals surface area contributed by atoms with Crippen molar-refractivity contribution < 1.29 is 0 Å². The summed E-state index contributed by atoms with van der Waals surface area (Å²) in [5.41, 5.74) is 3.64. The van der Waals surface area contributed by atoms with Crippen LogP contribution in [0.4, 0.5) is 5.69 Å². The molecule has 86 valence electrons. The number of para-hydroxylation sites is 1. The monoisotopic (exact) mass is 244 g/mol. The van der Waals surface area contributed by atoms with E-state index in [0.29, 0.717) is 0 Å². The van der Waals surface area contributed by atoms with Crippen molar-refractivity contribution in [2.45, 2.75) is 13.0 Å². The molecule has 0 bridgehead atoms. The van der Waals surface area contributed by atoms with Crippen molar-refractivity contribution in [2.24, 2.45) is 0 Å². The van der Waals surface area contributed by atoms with Gasteiger partial charge in [-0.1, -0.05) is 29.8 Å². The number of nitrogens with zero attached hydrogens (tertiary/aromatic N) is 2. The van der Waals surface area contributed by atoms with Gasteiger partial charge in [-0.15, -0.1) is 0 Å². The molecule has 1 aliphatic rings. The van der Waals surface area contributed by atoms with Gasteiger partial charge in [0.15, 0.2) is 0 Å². The smallest absolute Gasteiger partial charge is 0.0639 e. The Labute approximate surface area is 106 Å². The highest BCUT2D eigenvalue weighted by Gasteiger charge is 2.18. The van der Waals surface area contributed by atoms with Gasteiger partial charge in [0.2, 0.25) is 0 Å². The number of benzene rings is 1. The van der Waals surface area contributed by atoms with Crippen LogP contribution in [0.5, 0.6) is 0 Å². The van der Waals surface area contributed by atoms with Gasteiger partial charge in [-0.05, 0) is 23.8 Å². The van der Waals surface area contributed by atoms with Gasteiger partial charge in [0.05, 0.1) is 10.7 Å². The Bertz CT molecular complexity index is 539. The maximum absolute atomic E-state index is 6.23. The fourth-order valence-corrected chi connectivity index (χ4v) is 2.53. The number of pyridine rings is 1. The van der Waals surface area contributed by atoms with Crippen molar-refractivity contribution in [3.05, 3.63) is 58.9 Å². The van der Waals surface area contributed by atoms with E-state index < -0.39 is 0 Å². The molecular formula is C14H13ClN2. The minimum Gasteiger partial charge on any atom is -0.366 e. The van der Waals surface area contributed by atoms with Crippen LogP contribution in [0.2, 0.25) is 5.02 Å². The van der Waals surface area contributed by atoms with Gasteiger partial charge in [-0.25, -0.2) is 0 Å². The van der Waals surface area contributed by atoms with Crippen LogP contribution in [-0.2, 0) is 13.0 Å². The molecular weight excluding hydrogens is 232 g/mol. The number of hydrogen-bond donors (Lipinski definition) is 0. The van der Waals surface area contributed by atoms with Crippen molar-refractivity contribution in [3.8, 4) is 0 Å². The van der Waals surface area contributed by atoms with E-state index in [1.54, 1.807) is 0 Å². The first-order valence-electron chi connectivity index (χ1n) is 5.77. The normalized spacial score (nSPS) is 14.5. The van der Waals surface area contributed by atoms with Crippen LogP contribution < -0.4 is 4.90 Å². The molecule has 1 aliphatic heterocycles. The fourth-order valence-electron chi connectivity index (χ4n) is 2.28. The summed E-state index contributed by atoms with van der Waals surface area (Å²) in [6, 6.07) is 12.1. The number of hydrogen-bond acceptors (Lipinski definition) is 2. The minimum absolute atomic E-state index is 0.819. The Kier molecular flexibility index (Phi) is 2.73. The molecule has 1 aromatic carbocycles. The molecule has 3 heteroatoms. The number of fused-ring (bicyclic) bond motifs is 1. The first-order chi connectivity index (χ1) is 8.34. The van der Waals surface area contributed by atoms with Crippen molar-refractivity contribution >= 4 is 17.3 Å². The first-order valence-corrected chi connectivity index (χ1v) is 6.14. The lowest BCUT2D eigenvalue weighted by atomic mass is 10.1. The molecule has 0 aliphatic carbocycles. The Hall–Kier alpha value is -1.54. The van der Waals surface area contributed by atoms with Crippen LogP contribution >= 0.6 is 11.6 Å². The van der Waals surface area contributed by atoms with Gasteiger partial charge in [0.1, 0.15) is 0 Å². The zero-order valence-electron chi connectivity index (χ0n) is 9.44. The topological polar surface area (TPSA) is 16.1 Å². The third kappa shape index (κ3) is 2.01. The molecule has 0 spiro atoms. The average Bonchev–Trinajstić information content (AvgIpc) is 2.39. The highest BCUT2D eigenvalue weighted by Crippen LogP contribution is 2.29. The van der Waals surface area contributed by atoms with Gasteiger partial charge in [0.25, 0.3) is 0 Å². The SMILES string of the molecule is Clc1ccccc1N1CCc2ncccc2C1. The molecule has 2 nitrogen and oxygen atoms in total. The summed E-state index contributed by atoms with van der Waals surface area (Å²) in [6.45, 7) is 1.88. The van der Waals surface area contributed by atoms with Crippen LogP contribution in [0, 0.1) is 0 Å². The molecule has 0 saturated carbocycles. The van der Waals surface area contributed by atoms with Crippen LogP contribution in [0.25, 0.3) is 0 Å². The molecule has 0 atom stereocenters. The largest absolute Gasteiger partial charge is 0.366 e. The zero-order valence-corrected chi connectivity index (χ0v) is 10.2. The van der Waals surface area contributed by atoms with Gasteiger partial charge in [-0.3, -0.25) is 4.98 Å². The third-order valence-corrected chi connectivity index (χ3v) is 3.48. The van der Waals surface area contributed by atoms with E-state index in [-0.39, 0.29) is 0 Å². The summed E-state index contributed by atoms with van der Waals surface area (Å²) >= 11 is 6.23. The number of rotatable bonds is 1. The maximum atomic E-state index is 6.23. The first kappa shape index (κ1) is 10.6. The van der Waals surface area contributed by atoms with Crippen molar-refractivity contribution in [1.29, 1.82) is 0 Å². The third-order valence-electron chi connectivity index (χ3n) is 3.16. The fraction of sp³-hybridized carbons (Fsp3) is 0.214. The standard InChI is InChI=1S/C14H13ClN2/c15-12-5-1-2-6-14(12)17-9-7-13-11(10-17)4-3-8-16-13/h1-6,8H,7,9-10H2. The van der Waals surface area contributed by atoms with Crippen LogP contribution in [0.15, 0.2) is 42.6 Å². The van der Waals surface area contributed by atoms with Crippen molar-refractivity contribution in [1.82, 2.24) is 4.98 Å². The number of aromatic nitrogens is 1. The second-order valence-corrected chi connectivity index (χ2v) is 4.64. The van der Waals surface area contributed by atoms with E-state index in [1.165, 1.54) is 11.3 Å². The van der Waals surface area contributed by atoms with E-state index in [0.717, 1.165) is 30.2 Å². The zero-order chi connectivity index (χ0) is 11.7. The average molecular weight is 245 g/mol. The van der Waals surface area contributed by atoms with E-state index in [9.17, 15) is 0 Å². The van der Waals surface area contributed by atoms with Crippen molar-refractivity contribution in [3.63, 3.8) is 0 Å². The second kappa shape index (κ2) is 4.38. The van der Waals surface area contributed by atoms with Gasteiger partial charge >= 0.3 is 0 Å². The molecule has 0 N–H and O–H groups in total. The second-order valence-electron chi connectivity index (χ2n) is 4.23. The van der Waals surface area contributed by atoms with E-state index in [1.807, 2.05) is 30.5 Å².